The Labute approximate surface area is 119 Å². The number of hydrogen-bond donors (Lipinski definition) is 1. The Morgan fingerprint density at radius 3 is 2.47 bits per heavy atom. The fourth-order valence-electron chi connectivity index (χ4n) is 1.83. The van der Waals surface area contributed by atoms with E-state index in [9.17, 15) is 4.79 Å². The van der Waals surface area contributed by atoms with Crippen molar-refractivity contribution in [1.29, 1.82) is 0 Å². The largest absolute Gasteiger partial charge is 0.493 e. The molecular formula is C13H14BrNO4. The number of H-pyrrole nitrogens is 1. The number of esters is 1. The third-order valence-electron chi connectivity index (χ3n) is 2.72. The predicted octanol–water partition coefficient (Wildman–Crippen LogP) is 3.12. The third kappa shape index (κ3) is 2.40. The van der Waals surface area contributed by atoms with Crippen molar-refractivity contribution in [3.63, 3.8) is 0 Å². The summed E-state index contributed by atoms with van der Waals surface area (Å²) in [5.74, 6) is 0.799. The highest BCUT2D eigenvalue weighted by atomic mass is 79.9. The van der Waals surface area contributed by atoms with Crippen LogP contribution in [0.4, 0.5) is 0 Å². The number of aromatic nitrogens is 1. The molecule has 0 aliphatic heterocycles. The zero-order valence-electron chi connectivity index (χ0n) is 10.9. The van der Waals surface area contributed by atoms with Gasteiger partial charge in [0.25, 0.3) is 0 Å². The number of carbonyl (C=O) groups is 1. The van der Waals surface area contributed by atoms with Crippen LogP contribution in [-0.2, 0) is 4.74 Å². The molecule has 2 aromatic rings. The lowest BCUT2D eigenvalue weighted by Crippen LogP contribution is -2.05. The van der Waals surface area contributed by atoms with E-state index in [4.69, 9.17) is 14.2 Å². The molecule has 102 valence electrons. The number of rotatable bonds is 4. The number of carbonyl (C=O) groups excluding carboxylic acids is 1. The molecule has 0 radical (unpaired) electrons. The molecule has 0 spiro atoms. The Bertz CT molecular complexity index is 621. The van der Waals surface area contributed by atoms with Crippen molar-refractivity contribution in [2.45, 2.75) is 6.92 Å². The summed E-state index contributed by atoms with van der Waals surface area (Å²) in [5.41, 5.74) is 1.15. The topological polar surface area (TPSA) is 60.6 Å². The molecular weight excluding hydrogens is 314 g/mol. The number of aromatic amines is 1. The fraction of sp³-hybridized carbons (Fsp3) is 0.308. The predicted molar refractivity (Wildman–Crippen MR) is 75.1 cm³/mol. The Morgan fingerprint density at radius 1 is 1.26 bits per heavy atom. The van der Waals surface area contributed by atoms with Crippen LogP contribution < -0.4 is 9.47 Å². The van der Waals surface area contributed by atoms with E-state index < -0.39 is 5.97 Å². The molecule has 1 aromatic heterocycles. The van der Waals surface area contributed by atoms with Gasteiger partial charge in [-0.25, -0.2) is 4.79 Å². The van der Waals surface area contributed by atoms with E-state index in [-0.39, 0.29) is 0 Å². The number of ether oxygens (including phenoxy) is 3. The van der Waals surface area contributed by atoms with Gasteiger partial charge in [-0.05, 0) is 28.9 Å². The van der Waals surface area contributed by atoms with Gasteiger partial charge in [0, 0.05) is 11.5 Å². The number of benzene rings is 1. The van der Waals surface area contributed by atoms with Crippen molar-refractivity contribution < 1.29 is 19.0 Å². The molecule has 5 nitrogen and oxygen atoms in total. The molecule has 0 bridgehead atoms. The molecule has 0 saturated heterocycles. The monoisotopic (exact) mass is 327 g/mol. The Balaban J connectivity index is 2.60. The van der Waals surface area contributed by atoms with E-state index in [2.05, 4.69) is 20.9 Å². The van der Waals surface area contributed by atoms with Crippen molar-refractivity contribution in [1.82, 2.24) is 4.98 Å². The van der Waals surface area contributed by atoms with Crippen molar-refractivity contribution in [2.75, 3.05) is 20.8 Å². The van der Waals surface area contributed by atoms with Crippen molar-refractivity contribution in [2.24, 2.45) is 0 Å². The average Bonchev–Trinajstić information content (AvgIpc) is 2.74. The second-order valence-electron chi connectivity index (χ2n) is 3.79. The van der Waals surface area contributed by atoms with Gasteiger partial charge in [0.2, 0.25) is 0 Å². The Hall–Kier alpha value is -1.69. The molecule has 1 N–H and O–H groups in total. The lowest BCUT2D eigenvalue weighted by atomic mass is 10.2. The van der Waals surface area contributed by atoms with Crippen molar-refractivity contribution in [3.8, 4) is 11.5 Å². The molecule has 1 heterocycles. The number of fused-ring (bicyclic) bond motifs is 1. The minimum absolute atomic E-state index is 0.327. The maximum Gasteiger partial charge on any atom is 0.355 e. The number of nitrogens with one attached hydrogen (secondary N) is 1. The second kappa shape index (κ2) is 5.52. The number of hydrogen-bond acceptors (Lipinski definition) is 4. The highest BCUT2D eigenvalue weighted by Gasteiger charge is 2.19. The molecule has 0 atom stereocenters. The molecule has 6 heteroatoms. The molecule has 0 saturated carbocycles. The first-order valence-corrected chi connectivity index (χ1v) is 6.52. The summed E-state index contributed by atoms with van der Waals surface area (Å²) in [6.07, 6.45) is 0. The standard InChI is InChI=1S/C13H14BrNO4/c1-4-19-13(16)12-11(14)7-5-9(17-2)10(18-3)6-8(7)15-12/h5-6,15H,4H2,1-3H3. The van der Waals surface area contributed by atoms with Gasteiger partial charge in [0.15, 0.2) is 11.5 Å². The molecule has 0 fully saturated rings. The maximum atomic E-state index is 11.8. The highest BCUT2D eigenvalue weighted by molar-refractivity contribution is 9.10. The van der Waals surface area contributed by atoms with Gasteiger partial charge in [0.1, 0.15) is 5.69 Å². The lowest BCUT2D eigenvalue weighted by Gasteiger charge is -2.06. The van der Waals surface area contributed by atoms with Crippen LogP contribution >= 0.6 is 15.9 Å². The maximum absolute atomic E-state index is 11.8. The first-order valence-electron chi connectivity index (χ1n) is 5.72. The first-order chi connectivity index (χ1) is 9.12. The molecule has 2 rings (SSSR count). The highest BCUT2D eigenvalue weighted by Crippen LogP contribution is 2.37. The normalized spacial score (nSPS) is 10.5. The quantitative estimate of drug-likeness (QED) is 0.876. The van der Waals surface area contributed by atoms with Crippen LogP contribution in [0, 0.1) is 0 Å². The van der Waals surface area contributed by atoms with Crippen LogP contribution in [0.1, 0.15) is 17.4 Å². The summed E-state index contributed by atoms with van der Waals surface area (Å²) in [6.45, 7) is 2.09. The van der Waals surface area contributed by atoms with Gasteiger partial charge in [-0.3, -0.25) is 0 Å². The summed E-state index contributed by atoms with van der Waals surface area (Å²) in [6, 6.07) is 3.58. The number of methoxy groups -OCH3 is 2. The van der Waals surface area contributed by atoms with E-state index in [1.807, 2.05) is 0 Å². The van der Waals surface area contributed by atoms with Crippen LogP contribution in [0.5, 0.6) is 11.5 Å². The van der Waals surface area contributed by atoms with E-state index >= 15 is 0 Å². The zero-order valence-corrected chi connectivity index (χ0v) is 12.5. The van der Waals surface area contributed by atoms with Crippen LogP contribution in [0.3, 0.4) is 0 Å². The van der Waals surface area contributed by atoms with E-state index in [0.29, 0.717) is 28.3 Å². The summed E-state index contributed by atoms with van der Waals surface area (Å²) >= 11 is 3.40. The third-order valence-corrected chi connectivity index (χ3v) is 3.54. The van der Waals surface area contributed by atoms with Crippen LogP contribution in [0.2, 0.25) is 0 Å². The first kappa shape index (κ1) is 13.7. The number of halogens is 1. The van der Waals surface area contributed by atoms with Gasteiger partial charge in [-0.2, -0.15) is 0 Å². The fourth-order valence-corrected chi connectivity index (χ4v) is 2.42. The molecule has 0 amide bonds. The van der Waals surface area contributed by atoms with Crippen LogP contribution in [0.15, 0.2) is 16.6 Å². The SMILES string of the molecule is CCOC(=O)c1[nH]c2cc(OC)c(OC)cc2c1Br. The molecule has 0 aliphatic carbocycles. The minimum atomic E-state index is -0.400. The van der Waals surface area contributed by atoms with Gasteiger partial charge in [-0.1, -0.05) is 0 Å². The second-order valence-corrected chi connectivity index (χ2v) is 4.58. The van der Waals surface area contributed by atoms with Gasteiger partial charge < -0.3 is 19.2 Å². The summed E-state index contributed by atoms with van der Waals surface area (Å²) in [4.78, 5) is 14.8. The average molecular weight is 328 g/mol. The van der Waals surface area contributed by atoms with Gasteiger partial charge in [-0.15, -0.1) is 0 Å². The zero-order chi connectivity index (χ0) is 14.0. The van der Waals surface area contributed by atoms with Gasteiger partial charge >= 0.3 is 5.97 Å². The van der Waals surface area contributed by atoms with E-state index in [1.54, 1.807) is 33.3 Å². The summed E-state index contributed by atoms with van der Waals surface area (Å²) < 4.78 is 16.1. The Morgan fingerprint density at radius 2 is 1.89 bits per heavy atom. The summed E-state index contributed by atoms with van der Waals surface area (Å²) in [5, 5.41) is 0.834. The van der Waals surface area contributed by atoms with Gasteiger partial charge in [0.05, 0.1) is 30.8 Å². The molecule has 0 aliphatic rings. The smallest absolute Gasteiger partial charge is 0.355 e. The molecule has 0 unspecified atom stereocenters. The molecule has 19 heavy (non-hydrogen) atoms. The van der Waals surface area contributed by atoms with E-state index in [1.165, 1.54) is 0 Å². The minimum Gasteiger partial charge on any atom is -0.493 e. The van der Waals surface area contributed by atoms with Crippen molar-refractivity contribution >= 4 is 32.8 Å². The Kier molecular flexibility index (Phi) is 3.99. The van der Waals surface area contributed by atoms with E-state index in [0.717, 1.165) is 10.9 Å². The summed E-state index contributed by atoms with van der Waals surface area (Å²) in [7, 11) is 3.13. The van der Waals surface area contributed by atoms with Crippen LogP contribution in [0.25, 0.3) is 10.9 Å². The lowest BCUT2D eigenvalue weighted by molar-refractivity contribution is 0.0519. The molecule has 1 aromatic carbocycles. The van der Waals surface area contributed by atoms with Crippen molar-refractivity contribution in [3.05, 3.63) is 22.3 Å². The van der Waals surface area contributed by atoms with Crippen LogP contribution in [-0.4, -0.2) is 31.8 Å².